The van der Waals surface area contributed by atoms with E-state index in [0.717, 1.165) is 12.8 Å². The zero-order valence-corrected chi connectivity index (χ0v) is 17.0. The van der Waals surface area contributed by atoms with Gasteiger partial charge in [-0.15, -0.1) is 0 Å². The van der Waals surface area contributed by atoms with Crippen LogP contribution in [0, 0.1) is 5.92 Å². The molecule has 0 spiro atoms. The van der Waals surface area contributed by atoms with Crippen LogP contribution in [0.3, 0.4) is 0 Å². The van der Waals surface area contributed by atoms with Gasteiger partial charge in [-0.2, -0.15) is 9.97 Å². The first kappa shape index (κ1) is 20.8. The number of carbonyl (C=O) groups excluding carboxylic acids is 1. The van der Waals surface area contributed by atoms with Gasteiger partial charge in [-0.05, 0) is 31.4 Å². The molecule has 0 radical (unpaired) electrons. The van der Waals surface area contributed by atoms with Crippen LogP contribution in [0.2, 0.25) is 0 Å². The third kappa shape index (κ3) is 5.14. The van der Waals surface area contributed by atoms with E-state index in [4.69, 9.17) is 14.2 Å². The molecule has 29 heavy (non-hydrogen) atoms. The summed E-state index contributed by atoms with van der Waals surface area (Å²) in [6.45, 7) is 0. The molecule has 1 aromatic carbocycles. The average Bonchev–Trinajstić information content (AvgIpc) is 2.74. The molecule has 9 nitrogen and oxygen atoms in total. The zero-order valence-electron chi connectivity index (χ0n) is 16.2. The fourth-order valence-corrected chi connectivity index (χ4v) is 4.24. The second kappa shape index (κ2) is 9.08. The molecule has 3 rings (SSSR count). The van der Waals surface area contributed by atoms with Crippen molar-refractivity contribution < 1.29 is 27.4 Å². The van der Waals surface area contributed by atoms with Gasteiger partial charge in [-0.25, -0.2) is 13.1 Å². The number of rotatable bonds is 7. The predicted octanol–water partition coefficient (Wildman–Crippen LogP) is 1.94. The summed E-state index contributed by atoms with van der Waals surface area (Å²) < 4.78 is 43.2. The first-order valence-corrected chi connectivity index (χ1v) is 10.7. The molecule has 0 bridgehead atoms. The van der Waals surface area contributed by atoms with E-state index < -0.39 is 28.0 Å². The van der Waals surface area contributed by atoms with E-state index in [1.807, 2.05) is 0 Å². The van der Waals surface area contributed by atoms with E-state index in [0.29, 0.717) is 12.8 Å². The quantitative estimate of drug-likeness (QED) is 0.721. The lowest BCUT2D eigenvalue weighted by molar-refractivity contribution is -0.127. The molecule has 1 aliphatic carbocycles. The van der Waals surface area contributed by atoms with Crippen LogP contribution >= 0.6 is 0 Å². The van der Waals surface area contributed by atoms with Crippen LogP contribution in [0.25, 0.3) is 0 Å². The maximum atomic E-state index is 12.8. The molecule has 1 aromatic heterocycles. The van der Waals surface area contributed by atoms with Crippen LogP contribution in [0.15, 0.2) is 41.3 Å². The monoisotopic (exact) mass is 421 g/mol. The third-order valence-electron chi connectivity index (χ3n) is 4.66. The number of aromatic nitrogens is 2. The summed E-state index contributed by atoms with van der Waals surface area (Å²) >= 11 is 0. The van der Waals surface area contributed by atoms with E-state index in [1.54, 1.807) is 18.2 Å². The lowest BCUT2D eigenvalue weighted by Crippen LogP contribution is -2.44. The van der Waals surface area contributed by atoms with Crippen LogP contribution in [-0.4, -0.2) is 44.6 Å². The molecule has 0 unspecified atom stereocenters. The Kier molecular flexibility index (Phi) is 6.53. The first-order chi connectivity index (χ1) is 13.9. The Morgan fingerprint density at radius 3 is 2.28 bits per heavy atom. The van der Waals surface area contributed by atoms with Gasteiger partial charge >= 0.3 is 6.01 Å². The lowest BCUT2D eigenvalue weighted by Gasteiger charge is -2.30. The van der Waals surface area contributed by atoms with Crippen molar-refractivity contribution in [2.24, 2.45) is 5.92 Å². The van der Waals surface area contributed by atoms with Crippen LogP contribution in [-0.2, 0) is 14.8 Å². The maximum absolute atomic E-state index is 12.8. The minimum Gasteiger partial charge on any atom is -0.481 e. The van der Waals surface area contributed by atoms with Gasteiger partial charge in [-0.1, -0.05) is 24.6 Å². The minimum absolute atomic E-state index is 0.0109. The van der Waals surface area contributed by atoms with Crippen molar-refractivity contribution in [2.45, 2.75) is 36.7 Å². The number of sulfonamides is 1. The number of hydrogen-bond donors (Lipinski definition) is 1. The number of methoxy groups -OCH3 is 2. The molecule has 10 heteroatoms. The maximum Gasteiger partial charge on any atom is 0.323 e. The molecule has 1 fully saturated rings. The van der Waals surface area contributed by atoms with E-state index in [1.165, 1.54) is 32.4 Å². The van der Waals surface area contributed by atoms with E-state index in [2.05, 4.69) is 14.7 Å². The summed E-state index contributed by atoms with van der Waals surface area (Å²) in [4.78, 5) is 21.1. The predicted molar refractivity (Wildman–Crippen MR) is 103 cm³/mol. The summed E-state index contributed by atoms with van der Waals surface area (Å²) in [6, 6.07) is 9.27. The van der Waals surface area contributed by atoms with Gasteiger partial charge in [0.05, 0.1) is 31.1 Å². The molecule has 1 saturated carbocycles. The summed E-state index contributed by atoms with van der Waals surface area (Å²) in [5.41, 5.74) is 0. The standard InChI is InChI=1S/C19H23N3O6S/c1-26-16-12-17(27-2)21-19(20-16)28-15-11-7-6-10-14(15)18(23)22-29(24,25)13-8-4-3-5-9-13/h3-5,8-9,12,14-15H,6-7,10-11H2,1-2H3,(H,22,23)/t14-,15-/m0/s1. The Balaban J connectivity index is 1.77. The average molecular weight is 421 g/mol. The van der Waals surface area contributed by atoms with Gasteiger partial charge in [0.15, 0.2) is 0 Å². The van der Waals surface area contributed by atoms with Gasteiger partial charge < -0.3 is 14.2 Å². The highest BCUT2D eigenvalue weighted by Gasteiger charge is 2.35. The van der Waals surface area contributed by atoms with Crippen molar-refractivity contribution in [3.05, 3.63) is 36.4 Å². The molecule has 1 N–H and O–H groups in total. The Morgan fingerprint density at radius 2 is 1.66 bits per heavy atom. The van der Waals surface area contributed by atoms with E-state index in [-0.39, 0.29) is 22.7 Å². The topological polar surface area (TPSA) is 117 Å². The zero-order chi connectivity index (χ0) is 20.9. The summed E-state index contributed by atoms with van der Waals surface area (Å²) in [5.74, 6) is -0.734. The number of carbonyl (C=O) groups is 1. The van der Waals surface area contributed by atoms with Crippen LogP contribution in [0.4, 0.5) is 0 Å². The number of nitrogens with one attached hydrogen (secondary N) is 1. The number of amides is 1. The van der Waals surface area contributed by atoms with Gasteiger partial charge in [0.25, 0.3) is 10.0 Å². The van der Waals surface area contributed by atoms with Gasteiger partial charge in [-0.3, -0.25) is 4.79 Å². The molecule has 0 aliphatic heterocycles. The number of benzene rings is 1. The SMILES string of the molecule is COc1cc(OC)nc(O[C@H]2CCCC[C@@H]2C(=O)NS(=O)(=O)c2ccccc2)n1. The first-order valence-electron chi connectivity index (χ1n) is 9.18. The van der Waals surface area contributed by atoms with Gasteiger partial charge in [0.2, 0.25) is 17.7 Å². The summed E-state index contributed by atoms with van der Waals surface area (Å²) in [7, 11) is -1.04. The number of nitrogens with zero attached hydrogens (tertiary/aromatic N) is 2. The van der Waals surface area contributed by atoms with Crippen molar-refractivity contribution in [3.63, 3.8) is 0 Å². The molecular formula is C19H23N3O6S. The van der Waals surface area contributed by atoms with Crippen molar-refractivity contribution in [2.75, 3.05) is 14.2 Å². The fraction of sp³-hybridized carbons (Fsp3) is 0.421. The second-order valence-corrected chi connectivity index (χ2v) is 8.25. The third-order valence-corrected chi connectivity index (χ3v) is 6.02. The van der Waals surface area contributed by atoms with Crippen LogP contribution < -0.4 is 18.9 Å². The van der Waals surface area contributed by atoms with Crippen molar-refractivity contribution in [1.29, 1.82) is 0 Å². The molecule has 156 valence electrons. The highest BCUT2D eigenvalue weighted by Crippen LogP contribution is 2.29. The Hall–Kier alpha value is -2.88. The van der Waals surface area contributed by atoms with Crippen LogP contribution in [0.5, 0.6) is 17.8 Å². The molecule has 1 heterocycles. The Morgan fingerprint density at radius 1 is 1.03 bits per heavy atom. The highest BCUT2D eigenvalue weighted by molar-refractivity contribution is 7.90. The largest absolute Gasteiger partial charge is 0.481 e. The fourth-order valence-electron chi connectivity index (χ4n) is 3.19. The lowest BCUT2D eigenvalue weighted by atomic mass is 9.86. The Bertz CT molecular complexity index is 929. The number of ether oxygens (including phenoxy) is 3. The van der Waals surface area contributed by atoms with Crippen molar-refractivity contribution in [1.82, 2.24) is 14.7 Å². The molecule has 2 aromatic rings. The molecule has 1 aliphatic rings. The van der Waals surface area contributed by atoms with E-state index in [9.17, 15) is 13.2 Å². The van der Waals surface area contributed by atoms with Gasteiger partial charge in [0, 0.05) is 0 Å². The number of hydrogen-bond acceptors (Lipinski definition) is 8. The second-order valence-electron chi connectivity index (χ2n) is 6.57. The molecule has 1 amide bonds. The van der Waals surface area contributed by atoms with Crippen molar-refractivity contribution in [3.8, 4) is 17.8 Å². The normalized spacial score (nSPS) is 19.2. The van der Waals surface area contributed by atoms with Crippen LogP contribution in [0.1, 0.15) is 25.7 Å². The summed E-state index contributed by atoms with van der Waals surface area (Å²) in [6.07, 6.45) is 2.16. The smallest absolute Gasteiger partial charge is 0.323 e. The highest BCUT2D eigenvalue weighted by atomic mass is 32.2. The summed E-state index contributed by atoms with van der Waals surface area (Å²) in [5, 5.41) is 0. The molecule has 2 atom stereocenters. The molecular weight excluding hydrogens is 398 g/mol. The van der Waals surface area contributed by atoms with E-state index >= 15 is 0 Å². The van der Waals surface area contributed by atoms with Gasteiger partial charge in [0.1, 0.15) is 6.10 Å². The molecule has 0 saturated heterocycles. The minimum atomic E-state index is -3.95. The Labute approximate surface area is 169 Å². The van der Waals surface area contributed by atoms with Crippen molar-refractivity contribution >= 4 is 15.9 Å².